The molecule has 2 atom stereocenters. The monoisotopic (exact) mass is 399 g/mol. The first-order valence-corrected chi connectivity index (χ1v) is 8.79. The minimum atomic E-state index is -0.883. The van der Waals surface area contributed by atoms with Gasteiger partial charge in [-0.25, -0.2) is 0 Å². The number of ketones is 1. The molecule has 0 bridgehead atoms. The minimum absolute atomic E-state index is 0. The van der Waals surface area contributed by atoms with Crippen LogP contribution in [0.15, 0.2) is 24.3 Å². The highest BCUT2D eigenvalue weighted by molar-refractivity contribution is 6.38. The van der Waals surface area contributed by atoms with E-state index in [1.807, 2.05) is 19.9 Å². The van der Waals surface area contributed by atoms with E-state index in [1.54, 1.807) is 32.2 Å². The second-order valence-electron chi connectivity index (χ2n) is 6.60. The number of carbonyl (C=O) groups is 3. The van der Waals surface area contributed by atoms with Gasteiger partial charge in [-0.2, -0.15) is 0 Å². The topological polar surface area (TPSA) is 111 Å². The maximum absolute atomic E-state index is 12.3. The van der Waals surface area contributed by atoms with E-state index in [0.717, 1.165) is 5.56 Å². The number of hydrogen-bond acceptors (Lipinski definition) is 5. The fourth-order valence-electron chi connectivity index (χ4n) is 2.46. The smallest absolute Gasteiger partial charge is 0.289 e. The molecule has 0 saturated heterocycles. The normalized spacial score (nSPS) is 12.5. The zero-order chi connectivity index (χ0) is 19.7. The van der Waals surface area contributed by atoms with Crippen LogP contribution in [0.2, 0.25) is 0 Å². The van der Waals surface area contributed by atoms with Crippen molar-refractivity contribution in [2.75, 3.05) is 7.11 Å². The molecular formula is C19H30ClN3O4. The molecule has 0 aliphatic rings. The molecule has 0 radical (unpaired) electrons. The van der Waals surface area contributed by atoms with Crippen LogP contribution in [0.5, 0.6) is 5.75 Å². The first-order valence-electron chi connectivity index (χ1n) is 8.79. The van der Waals surface area contributed by atoms with E-state index >= 15 is 0 Å². The summed E-state index contributed by atoms with van der Waals surface area (Å²) < 4.78 is 5.12. The number of rotatable bonds is 10. The predicted octanol–water partition coefficient (Wildman–Crippen LogP) is 1.57. The summed E-state index contributed by atoms with van der Waals surface area (Å²) in [7, 11) is 1.56. The molecule has 0 heterocycles. The van der Waals surface area contributed by atoms with Crippen molar-refractivity contribution < 1.29 is 19.1 Å². The highest BCUT2D eigenvalue weighted by Crippen LogP contribution is 2.12. The van der Waals surface area contributed by atoms with Crippen LogP contribution < -0.4 is 21.1 Å². The number of Topliss-reactive ketones (excluding diaryl/α,β-unsaturated/α-hetero) is 1. The van der Waals surface area contributed by atoms with Crippen LogP contribution in [0.25, 0.3) is 0 Å². The molecule has 7 nitrogen and oxygen atoms in total. The number of carbonyl (C=O) groups excluding carboxylic acids is 3. The average molecular weight is 400 g/mol. The first kappa shape index (κ1) is 24.9. The van der Waals surface area contributed by atoms with Gasteiger partial charge in [-0.3, -0.25) is 14.4 Å². The molecule has 152 valence electrons. The van der Waals surface area contributed by atoms with Crippen LogP contribution >= 0.6 is 12.4 Å². The Morgan fingerprint density at radius 1 is 1.22 bits per heavy atom. The summed E-state index contributed by atoms with van der Waals surface area (Å²) in [5.74, 6) is -0.906. The Morgan fingerprint density at radius 3 is 2.44 bits per heavy atom. The van der Waals surface area contributed by atoms with Gasteiger partial charge in [0.05, 0.1) is 19.2 Å². The van der Waals surface area contributed by atoms with Gasteiger partial charge < -0.3 is 21.1 Å². The van der Waals surface area contributed by atoms with Crippen molar-refractivity contribution in [3.63, 3.8) is 0 Å². The molecule has 4 N–H and O–H groups in total. The first-order chi connectivity index (χ1) is 12.3. The molecule has 1 aromatic rings. The van der Waals surface area contributed by atoms with Gasteiger partial charge in [-0.15, -0.1) is 12.4 Å². The van der Waals surface area contributed by atoms with Crippen LogP contribution in [0.4, 0.5) is 0 Å². The predicted molar refractivity (Wildman–Crippen MR) is 107 cm³/mol. The fraction of sp³-hybridized carbons (Fsp3) is 0.526. The maximum Gasteiger partial charge on any atom is 0.289 e. The molecule has 0 spiro atoms. The number of nitrogens with two attached hydrogens (primary N) is 1. The summed E-state index contributed by atoms with van der Waals surface area (Å²) in [6.07, 6.45) is 0.823. The van der Waals surface area contributed by atoms with Gasteiger partial charge in [-0.1, -0.05) is 32.9 Å². The molecule has 0 aliphatic carbocycles. The Bertz CT molecular complexity index is 637. The molecular weight excluding hydrogens is 370 g/mol. The number of nitrogens with one attached hydrogen (secondary N) is 2. The van der Waals surface area contributed by atoms with Crippen molar-refractivity contribution in [1.82, 2.24) is 10.6 Å². The molecule has 0 aromatic heterocycles. The number of hydrogen-bond donors (Lipinski definition) is 3. The van der Waals surface area contributed by atoms with Gasteiger partial charge in [0.1, 0.15) is 5.75 Å². The molecule has 2 amide bonds. The minimum Gasteiger partial charge on any atom is -0.497 e. The lowest BCUT2D eigenvalue weighted by atomic mass is 10.0. The summed E-state index contributed by atoms with van der Waals surface area (Å²) in [6, 6.07) is 5.60. The van der Waals surface area contributed by atoms with Crippen LogP contribution in [-0.2, 0) is 20.9 Å². The number of amides is 2. The molecule has 0 fully saturated rings. The Morgan fingerprint density at radius 2 is 1.89 bits per heavy atom. The summed E-state index contributed by atoms with van der Waals surface area (Å²) >= 11 is 0. The number of halogens is 1. The highest BCUT2D eigenvalue weighted by Gasteiger charge is 2.27. The Balaban J connectivity index is 0.00000676. The van der Waals surface area contributed by atoms with E-state index in [2.05, 4.69) is 10.6 Å². The van der Waals surface area contributed by atoms with E-state index < -0.39 is 29.7 Å². The van der Waals surface area contributed by atoms with Crippen molar-refractivity contribution in [3.8, 4) is 5.75 Å². The third kappa shape index (κ3) is 8.41. The largest absolute Gasteiger partial charge is 0.497 e. The molecule has 0 saturated carbocycles. The summed E-state index contributed by atoms with van der Waals surface area (Å²) in [5.41, 5.74) is 6.63. The lowest BCUT2D eigenvalue weighted by Crippen LogP contribution is -2.51. The Labute approximate surface area is 166 Å². The maximum atomic E-state index is 12.3. The molecule has 2 unspecified atom stereocenters. The number of benzene rings is 1. The SMILES string of the molecule is CCC(NC(=O)C(N)CC(C)C)C(=O)C(=O)NCc1cccc(OC)c1.Cl. The third-order valence-electron chi connectivity index (χ3n) is 3.91. The molecule has 8 heteroatoms. The molecule has 0 aliphatic heterocycles. The summed E-state index contributed by atoms with van der Waals surface area (Å²) in [6.45, 7) is 5.84. The quantitative estimate of drug-likeness (QED) is 0.517. The van der Waals surface area contributed by atoms with Crippen molar-refractivity contribution in [3.05, 3.63) is 29.8 Å². The number of methoxy groups -OCH3 is 1. The average Bonchev–Trinajstić information content (AvgIpc) is 2.62. The summed E-state index contributed by atoms with van der Waals surface area (Å²) in [5, 5.41) is 5.15. The zero-order valence-electron chi connectivity index (χ0n) is 16.3. The third-order valence-corrected chi connectivity index (χ3v) is 3.91. The van der Waals surface area contributed by atoms with Crippen molar-refractivity contribution in [2.24, 2.45) is 11.7 Å². The van der Waals surface area contributed by atoms with E-state index in [9.17, 15) is 14.4 Å². The summed E-state index contributed by atoms with van der Waals surface area (Å²) in [4.78, 5) is 36.5. The van der Waals surface area contributed by atoms with Gasteiger partial charge in [0.25, 0.3) is 5.91 Å². The van der Waals surface area contributed by atoms with Crippen LogP contribution in [0, 0.1) is 5.92 Å². The molecule has 1 rings (SSSR count). The second kappa shape index (κ2) is 12.3. The lowest BCUT2D eigenvalue weighted by molar-refractivity contribution is -0.140. The van der Waals surface area contributed by atoms with Crippen LogP contribution in [0.1, 0.15) is 39.2 Å². The second-order valence-corrected chi connectivity index (χ2v) is 6.60. The zero-order valence-corrected chi connectivity index (χ0v) is 17.1. The molecule has 27 heavy (non-hydrogen) atoms. The molecule has 1 aromatic carbocycles. The van der Waals surface area contributed by atoms with Crippen molar-refractivity contribution >= 4 is 30.0 Å². The van der Waals surface area contributed by atoms with Gasteiger partial charge >= 0.3 is 0 Å². The van der Waals surface area contributed by atoms with Crippen molar-refractivity contribution in [2.45, 2.75) is 52.2 Å². The van der Waals surface area contributed by atoms with Crippen LogP contribution in [-0.4, -0.2) is 36.8 Å². The van der Waals surface area contributed by atoms with E-state index in [1.165, 1.54) is 0 Å². The van der Waals surface area contributed by atoms with Gasteiger partial charge in [0, 0.05) is 6.54 Å². The standard InChI is InChI=1S/C19H29N3O4.ClH/c1-5-16(22-18(24)15(20)9-12(2)3)17(23)19(25)21-11-13-7-6-8-14(10-13)26-4;/h6-8,10,12,15-16H,5,9,11,20H2,1-4H3,(H,21,25)(H,22,24);1H. The van der Waals surface area contributed by atoms with E-state index in [-0.39, 0.29) is 24.9 Å². The van der Waals surface area contributed by atoms with Gasteiger partial charge in [0.2, 0.25) is 11.7 Å². The van der Waals surface area contributed by atoms with Crippen LogP contribution in [0.3, 0.4) is 0 Å². The Hall–Kier alpha value is -2.12. The highest BCUT2D eigenvalue weighted by atomic mass is 35.5. The van der Waals surface area contributed by atoms with E-state index in [0.29, 0.717) is 18.6 Å². The van der Waals surface area contributed by atoms with E-state index in [4.69, 9.17) is 10.5 Å². The van der Waals surface area contributed by atoms with Crippen molar-refractivity contribution in [1.29, 1.82) is 0 Å². The fourth-order valence-corrected chi connectivity index (χ4v) is 2.46. The van der Waals surface area contributed by atoms with Gasteiger partial charge in [0.15, 0.2) is 0 Å². The number of ether oxygens (including phenoxy) is 1. The Kier molecular flexibility index (Phi) is 11.3. The lowest BCUT2D eigenvalue weighted by Gasteiger charge is -2.19. The van der Waals surface area contributed by atoms with Gasteiger partial charge in [-0.05, 0) is 36.5 Å².